The Kier molecular flexibility index (Phi) is 7.29. The van der Waals surface area contributed by atoms with Crippen molar-refractivity contribution in [2.75, 3.05) is 11.4 Å². The van der Waals surface area contributed by atoms with Crippen LogP contribution in [0.15, 0.2) is 91.1 Å². The number of fused-ring (bicyclic) bond motifs is 2. The van der Waals surface area contributed by atoms with E-state index in [4.69, 9.17) is 10.1 Å². The molecule has 200 valence electrons. The van der Waals surface area contributed by atoms with Crippen molar-refractivity contribution in [2.45, 2.75) is 32.2 Å². The highest BCUT2D eigenvalue weighted by atomic mass is 32.1. The smallest absolute Gasteiger partial charge is 0.305 e. The molecule has 4 aromatic carbocycles. The number of carbonyl (C=O) groups excluding carboxylic acids is 1. The second-order valence-electron chi connectivity index (χ2n) is 10.1. The third-order valence-corrected chi connectivity index (χ3v) is 8.40. The summed E-state index contributed by atoms with van der Waals surface area (Å²) in [6.45, 7) is 0.704. The number of carboxylic acid groups (broad SMARTS) is 1. The van der Waals surface area contributed by atoms with Crippen LogP contribution in [0.4, 0.5) is 10.8 Å². The molecule has 1 aliphatic carbocycles. The lowest BCUT2D eigenvalue weighted by atomic mass is 10.1. The van der Waals surface area contributed by atoms with Crippen molar-refractivity contribution in [1.82, 2.24) is 10.3 Å². The number of nitrogens with zero attached hydrogens (tertiary/aromatic N) is 2. The Labute approximate surface area is 236 Å². The second-order valence-corrected chi connectivity index (χ2v) is 11.1. The quantitative estimate of drug-likeness (QED) is 0.208. The monoisotopic (exact) mass is 547 g/mol. The number of hydrogen-bond donors (Lipinski definition) is 2. The van der Waals surface area contributed by atoms with Gasteiger partial charge in [0.1, 0.15) is 0 Å². The first-order chi connectivity index (χ1) is 19.5. The van der Waals surface area contributed by atoms with Crippen LogP contribution in [-0.4, -0.2) is 28.5 Å². The molecule has 0 radical (unpaired) electrons. The minimum Gasteiger partial charge on any atom is -0.481 e. The number of anilines is 2. The Balaban J connectivity index is 1.28. The molecule has 1 amide bonds. The minimum atomic E-state index is -0.937. The van der Waals surface area contributed by atoms with Crippen molar-refractivity contribution >= 4 is 44.8 Å². The predicted molar refractivity (Wildman–Crippen MR) is 160 cm³/mol. The summed E-state index contributed by atoms with van der Waals surface area (Å²) in [5, 5.41) is 14.8. The van der Waals surface area contributed by atoms with E-state index in [1.165, 1.54) is 28.3 Å². The number of nitrogens with one attached hydrogen (secondary N) is 1. The van der Waals surface area contributed by atoms with Crippen LogP contribution in [0.25, 0.3) is 21.2 Å². The lowest BCUT2D eigenvalue weighted by Gasteiger charge is -2.23. The predicted octanol–water partition coefficient (Wildman–Crippen LogP) is 6.99. The Morgan fingerprint density at radius 1 is 0.900 bits per heavy atom. The number of amides is 1. The van der Waals surface area contributed by atoms with E-state index < -0.39 is 5.97 Å². The molecule has 0 atom stereocenters. The zero-order chi connectivity index (χ0) is 27.5. The van der Waals surface area contributed by atoms with E-state index in [0.717, 1.165) is 39.7 Å². The van der Waals surface area contributed by atoms with Crippen molar-refractivity contribution in [3.05, 3.63) is 113 Å². The first kappa shape index (κ1) is 25.8. The highest BCUT2D eigenvalue weighted by Crippen LogP contribution is 2.38. The normalized spacial score (nSPS) is 12.3. The summed E-state index contributed by atoms with van der Waals surface area (Å²) in [5.41, 5.74) is 6.64. The van der Waals surface area contributed by atoms with Gasteiger partial charge in [-0.2, -0.15) is 0 Å². The fourth-order valence-electron chi connectivity index (χ4n) is 5.19. The molecule has 0 bridgehead atoms. The molecule has 6 nitrogen and oxygen atoms in total. The number of thiazole rings is 1. The Bertz CT molecular complexity index is 1690. The van der Waals surface area contributed by atoms with Gasteiger partial charge in [0.15, 0.2) is 5.13 Å². The van der Waals surface area contributed by atoms with E-state index in [-0.39, 0.29) is 18.9 Å². The standard InChI is InChI=1S/C33H29N3O3S/c37-31(38)16-17-34-32(39)25-10-8-22(9-11-25)21-36(29-15-14-24-6-3-7-27(24)19-29)33-35-20-30(40-33)28-13-12-23-4-1-2-5-26(23)18-28/h1-2,4-5,8-15,18-20H,3,6-7,16-17,21H2,(H,34,39)(H,37,38). The van der Waals surface area contributed by atoms with Gasteiger partial charge in [0.25, 0.3) is 5.91 Å². The molecular weight excluding hydrogens is 518 g/mol. The number of aryl methyl sites for hydroxylation is 2. The van der Waals surface area contributed by atoms with Gasteiger partial charge < -0.3 is 15.3 Å². The van der Waals surface area contributed by atoms with Gasteiger partial charge in [-0.3, -0.25) is 9.59 Å². The number of carboxylic acids is 1. The first-order valence-corrected chi connectivity index (χ1v) is 14.3. The van der Waals surface area contributed by atoms with Gasteiger partial charge in [0.2, 0.25) is 0 Å². The average Bonchev–Trinajstić information content (AvgIpc) is 3.65. The van der Waals surface area contributed by atoms with Gasteiger partial charge >= 0.3 is 5.97 Å². The third-order valence-electron chi connectivity index (χ3n) is 7.33. The van der Waals surface area contributed by atoms with Gasteiger partial charge in [-0.15, -0.1) is 0 Å². The average molecular weight is 548 g/mol. The maximum Gasteiger partial charge on any atom is 0.305 e. The lowest BCUT2D eigenvalue weighted by molar-refractivity contribution is -0.136. The van der Waals surface area contributed by atoms with Crippen LogP contribution < -0.4 is 10.2 Å². The zero-order valence-electron chi connectivity index (χ0n) is 22.0. The van der Waals surface area contributed by atoms with Crippen molar-refractivity contribution in [3.63, 3.8) is 0 Å². The molecule has 5 aromatic rings. The largest absolute Gasteiger partial charge is 0.481 e. The summed E-state index contributed by atoms with van der Waals surface area (Å²) in [6, 6.07) is 29.1. The van der Waals surface area contributed by atoms with Crippen LogP contribution in [0.2, 0.25) is 0 Å². The van der Waals surface area contributed by atoms with Crippen LogP contribution in [0.5, 0.6) is 0 Å². The summed E-state index contributed by atoms with van der Waals surface area (Å²) in [4.78, 5) is 31.4. The Morgan fingerprint density at radius 3 is 2.52 bits per heavy atom. The van der Waals surface area contributed by atoms with Crippen molar-refractivity contribution < 1.29 is 14.7 Å². The number of rotatable bonds is 9. The Morgan fingerprint density at radius 2 is 1.70 bits per heavy atom. The van der Waals surface area contributed by atoms with Crippen LogP contribution in [0, 0.1) is 0 Å². The summed E-state index contributed by atoms with van der Waals surface area (Å²) >= 11 is 1.67. The summed E-state index contributed by atoms with van der Waals surface area (Å²) in [5.74, 6) is -1.21. The van der Waals surface area contributed by atoms with E-state index >= 15 is 0 Å². The maximum atomic E-state index is 12.4. The third kappa shape index (κ3) is 5.60. The molecule has 0 fully saturated rings. The SMILES string of the molecule is O=C(O)CCNC(=O)c1ccc(CN(c2ccc3c(c2)CCC3)c2ncc(-c3ccc4ccccc4c3)s2)cc1. The van der Waals surface area contributed by atoms with E-state index in [1.807, 2.05) is 18.3 Å². The molecule has 0 saturated heterocycles. The van der Waals surface area contributed by atoms with Crippen molar-refractivity contribution in [3.8, 4) is 10.4 Å². The van der Waals surface area contributed by atoms with Crippen molar-refractivity contribution in [1.29, 1.82) is 0 Å². The van der Waals surface area contributed by atoms with Crippen LogP contribution in [0.3, 0.4) is 0 Å². The lowest BCUT2D eigenvalue weighted by Crippen LogP contribution is -2.26. The molecule has 1 aromatic heterocycles. The molecule has 0 aliphatic heterocycles. The Hall–Kier alpha value is -4.49. The molecule has 2 N–H and O–H groups in total. The van der Waals surface area contributed by atoms with Crippen LogP contribution in [0.1, 0.15) is 39.9 Å². The molecule has 40 heavy (non-hydrogen) atoms. The molecular formula is C33H29N3O3S. The first-order valence-electron chi connectivity index (χ1n) is 13.5. The molecule has 1 aliphatic rings. The number of aliphatic carboxylic acids is 1. The van der Waals surface area contributed by atoms with Gasteiger partial charge in [-0.1, -0.05) is 65.9 Å². The summed E-state index contributed by atoms with van der Waals surface area (Å²) in [6.07, 6.45) is 5.28. The van der Waals surface area contributed by atoms with E-state index in [0.29, 0.717) is 12.1 Å². The summed E-state index contributed by atoms with van der Waals surface area (Å²) < 4.78 is 0. The highest BCUT2D eigenvalue weighted by Gasteiger charge is 2.19. The summed E-state index contributed by atoms with van der Waals surface area (Å²) in [7, 11) is 0. The van der Waals surface area contributed by atoms with E-state index in [2.05, 4.69) is 70.9 Å². The van der Waals surface area contributed by atoms with Gasteiger partial charge in [0.05, 0.1) is 17.8 Å². The van der Waals surface area contributed by atoms with Crippen LogP contribution >= 0.6 is 11.3 Å². The maximum absolute atomic E-state index is 12.4. The molecule has 0 saturated carbocycles. The van der Waals surface area contributed by atoms with Gasteiger partial charge in [-0.05, 0) is 82.6 Å². The molecule has 0 spiro atoms. The number of hydrogen-bond acceptors (Lipinski definition) is 5. The van der Waals surface area contributed by atoms with Gasteiger partial charge in [-0.25, -0.2) is 4.98 Å². The fourth-order valence-corrected chi connectivity index (χ4v) is 6.12. The molecule has 6 rings (SSSR count). The molecule has 1 heterocycles. The second kappa shape index (κ2) is 11.3. The van der Waals surface area contributed by atoms with Gasteiger partial charge in [0, 0.05) is 24.0 Å². The van der Waals surface area contributed by atoms with Crippen LogP contribution in [-0.2, 0) is 24.2 Å². The number of carbonyl (C=O) groups is 2. The fraction of sp³-hybridized carbons (Fsp3) is 0.182. The van der Waals surface area contributed by atoms with E-state index in [1.54, 1.807) is 23.5 Å². The highest BCUT2D eigenvalue weighted by molar-refractivity contribution is 7.19. The molecule has 0 unspecified atom stereocenters. The number of benzene rings is 4. The van der Waals surface area contributed by atoms with E-state index in [9.17, 15) is 9.59 Å². The topological polar surface area (TPSA) is 82.5 Å². The minimum absolute atomic E-state index is 0.103. The van der Waals surface area contributed by atoms with Crippen molar-refractivity contribution in [2.24, 2.45) is 0 Å². The number of aromatic nitrogens is 1. The molecule has 7 heteroatoms. The zero-order valence-corrected chi connectivity index (χ0v) is 22.8.